The van der Waals surface area contributed by atoms with Crippen molar-refractivity contribution in [2.75, 3.05) is 0 Å². The molecular formula is C28H26F2O. The molecule has 0 amide bonds. The van der Waals surface area contributed by atoms with Crippen LogP contribution in [0.15, 0.2) is 76.9 Å². The number of phenolic OH excluding ortho intramolecular Hbond substituents is 1. The molecule has 3 aromatic carbocycles. The highest BCUT2D eigenvalue weighted by Crippen LogP contribution is 2.49. The number of phenols is 1. The second-order valence-electron chi connectivity index (χ2n) is 8.48. The molecule has 0 spiro atoms. The van der Waals surface area contributed by atoms with Gasteiger partial charge in [-0.25, -0.2) is 8.78 Å². The van der Waals surface area contributed by atoms with Gasteiger partial charge in [0.25, 0.3) is 0 Å². The molecule has 4 rings (SSSR count). The molecule has 0 aliphatic heterocycles. The summed E-state index contributed by atoms with van der Waals surface area (Å²) in [6.45, 7) is 10.1. The molecule has 3 heteroatoms. The molecule has 31 heavy (non-hydrogen) atoms. The topological polar surface area (TPSA) is 20.2 Å². The molecule has 0 aromatic heterocycles. The summed E-state index contributed by atoms with van der Waals surface area (Å²) in [5.41, 5.74) is 8.77. The second-order valence-corrected chi connectivity index (χ2v) is 8.48. The Labute approximate surface area is 182 Å². The van der Waals surface area contributed by atoms with E-state index in [9.17, 15) is 13.9 Å². The maximum Gasteiger partial charge on any atom is 0.159 e. The van der Waals surface area contributed by atoms with Crippen LogP contribution in [0.4, 0.5) is 8.78 Å². The Balaban J connectivity index is 2.01. The van der Waals surface area contributed by atoms with Crippen LogP contribution in [-0.2, 0) is 0 Å². The Hall–Kier alpha value is -3.20. The van der Waals surface area contributed by atoms with E-state index in [1.54, 1.807) is 0 Å². The van der Waals surface area contributed by atoms with E-state index in [1.165, 1.54) is 23.3 Å². The molecule has 1 nitrogen and oxygen atoms in total. The van der Waals surface area contributed by atoms with E-state index < -0.39 is 11.6 Å². The van der Waals surface area contributed by atoms with Crippen LogP contribution >= 0.6 is 0 Å². The molecule has 0 unspecified atom stereocenters. The lowest BCUT2D eigenvalue weighted by Crippen LogP contribution is -2.05. The van der Waals surface area contributed by atoms with E-state index >= 15 is 0 Å². The van der Waals surface area contributed by atoms with Crippen LogP contribution in [0.2, 0.25) is 0 Å². The summed E-state index contributed by atoms with van der Waals surface area (Å²) < 4.78 is 28.9. The van der Waals surface area contributed by atoms with Crippen molar-refractivity contribution < 1.29 is 13.9 Å². The zero-order chi connectivity index (χ0) is 22.4. The Morgan fingerprint density at radius 2 is 1.23 bits per heavy atom. The molecule has 0 radical (unpaired) electrons. The third-order valence-electron chi connectivity index (χ3n) is 6.64. The van der Waals surface area contributed by atoms with Gasteiger partial charge in [0.05, 0.1) is 0 Å². The first-order valence-electron chi connectivity index (χ1n) is 10.4. The minimum absolute atomic E-state index is 0.0683. The van der Waals surface area contributed by atoms with Gasteiger partial charge in [0.1, 0.15) is 5.75 Å². The van der Waals surface area contributed by atoms with Gasteiger partial charge in [-0.05, 0) is 92.3 Å². The van der Waals surface area contributed by atoms with Gasteiger partial charge in [0, 0.05) is 17.0 Å². The molecule has 1 aliphatic carbocycles. The number of allylic oxidation sites excluding steroid dienone is 4. The Morgan fingerprint density at radius 3 is 1.84 bits per heavy atom. The lowest BCUT2D eigenvalue weighted by Gasteiger charge is -2.22. The van der Waals surface area contributed by atoms with Crippen LogP contribution < -0.4 is 0 Å². The fraction of sp³-hybridized carbons (Fsp3) is 0.214. The molecule has 0 saturated heterocycles. The van der Waals surface area contributed by atoms with E-state index in [2.05, 4.69) is 13.8 Å². The Bertz CT molecular complexity index is 1230. The summed E-state index contributed by atoms with van der Waals surface area (Å²) in [6.07, 6.45) is 0. The smallest absolute Gasteiger partial charge is 0.159 e. The number of hydrogen-bond donors (Lipinski definition) is 1. The van der Waals surface area contributed by atoms with Crippen LogP contribution in [0, 0.1) is 18.6 Å². The van der Waals surface area contributed by atoms with Crippen molar-refractivity contribution in [1.82, 2.24) is 0 Å². The van der Waals surface area contributed by atoms with Crippen molar-refractivity contribution in [2.24, 2.45) is 0 Å². The van der Waals surface area contributed by atoms with Crippen molar-refractivity contribution in [3.05, 3.63) is 99.7 Å². The summed E-state index contributed by atoms with van der Waals surface area (Å²) in [4.78, 5) is 0. The first-order valence-corrected chi connectivity index (χ1v) is 10.4. The minimum Gasteiger partial charge on any atom is -0.507 e. The SMILES string of the molecule is CC1=C(C)C(c2cc(F)c(F)cc2-c2cc(C)cc(-c3ccccc3)c2O)C(C)=C1C. The van der Waals surface area contributed by atoms with Gasteiger partial charge in [-0.1, -0.05) is 41.5 Å². The van der Waals surface area contributed by atoms with Gasteiger partial charge < -0.3 is 5.11 Å². The van der Waals surface area contributed by atoms with Gasteiger partial charge in [-0.3, -0.25) is 0 Å². The van der Waals surface area contributed by atoms with Crippen molar-refractivity contribution in [1.29, 1.82) is 0 Å². The average molecular weight is 417 g/mol. The Kier molecular flexibility index (Phi) is 5.30. The predicted octanol–water partition coefficient (Wildman–Crippen LogP) is 8.08. The molecule has 1 N–H and O–H groups in total. The van der Waals surface area contributed by atoms with Gasteiger partial charge >= 0.3 is 0 Å². The average Bonchev–Trinajstić information content (AvgIpc) is 2.94. The largest absolute Gasteiger partial charge is 0.507 e. The number of benzene rings is 3. The molecule has 0 fully saturated rings. The molecule has 0 bridgehead atoms. The van der Waals surface area contributed by atoms with Crippen LogP contribution in [0.3, 0.4) is 0 Å². The molecule has 1 aliphatic rings. The first-order chi connectivity index (χ1) is 14.7. The predicted molar refractivity (Wildman–Crippen MR) is 123 cm³/mol. The lowest BCUT2D eigenvalue weighted by atomic mass is 9.82. The molecule has 0 atom stereocenters. The summed E-state index contributed by atoms with van der Waals surface area (Å²) in [6, 6.07) is 15.8. The van der Waals surface area contributed by atoms with E-state index in [-0.39, 0.29) is 11.7 Å². The summed E-state index contributed by atoms with van der Waals surface area (Å²) in [5.74, 6) is -1.88. The zero-order valence-electron chi connectivity index (χ0n) is 18.5. The second kappa shape index (κ2) is 7.81. The van der Waals surface area contributed by atoms with E-state index in [4.69, 9.17) is 0 Å². The van der Waals surface area contributed by atoms with Crippen LogP contribution in [0.1, 0.15) is 44.7 Å². The quantitative estimate of drug-likeness (QED) is 0.457. The standard InChI is InChI=1S/C28H26F2O/c1-15-11-21(20-9-7-6-8-10-20)28(31)24(12-15)22-13-25(29)26(30)14-23(22)27-18(4)16(2)17(3)19(27)5/h6-14,27,31H,1-5H3. The highest BCUT2D eigenvalue weighted by Gasteiger charge is 2.30. The van der Waals surface area contributed by atoms with Gasteiger partial charge in [0.15, 0.2) is 11.6 Å². The molecule has 3 aromatic rings. The summed E-state index contributed by atoms with van der Waals surface area (Å²) >= 11 is 0. The molecule has 0 heterocycles. The molecule has 0 saturated carbocycles. The fourth-order valence-corrected chi connectivity index (χ4v) is 4.67. The summed E-state index contributed by atoms with van der Waals surface area (Å²) in [7, 11) is 0. The number of aromatic hydroxyl groups is 1. The van der Waals surface area contributed by atoms with Crippen molar-refractivity contribution in [3.63, 3.8) is 0 Å². The minimum atomic E-state index is -0.921. The maximum atomic E-state index is 14.5. The number of rotatable bonds is 3. The van der Waals surface area contributed by atoms with Crippen LogP contribution in [0.25, 0.3) is 22.3 Å². The summed E-state index contributed by atoms with van der Waals surface area (Å²) in [5, 5.41) is 11.2. The highest BCUT2D eigenvalue weighted by atomic mass is 19.2. The van der Waals surface area contributed by atoms with Crippen LogP contribution in [-0.4, -0.2) is 5.11 Å². The van der Waals surface area contributed by atoms with Crippen molar-refractivity contribution in [3.8, 4) is 28.0 Å². The monoisotopic (exact) mass is 416 g/mol. The number of halogens is 2. The third kappa shape index (κ3) is 3.48. The molecule has 158 valence electrons. The van der Waals surface area contributed by atoms with E-state index in [0.29, 0.717) is 22.3 Å². The van der Waals surface area contributed by atoms with Crippen molar-refractivity contribution in [2.45, 2.75) is 40.5 Å². The fourth-order valence-electron chi connectivity index (χ4n) is 4.67. The van der Waals surface area contributed by atoms with E-state index in [0.717, 1.165) is 22.3 Å². The normalized spacial score (nSPS) is 14.7. The van der Waals surface area contributed by atoms with Gasteiger partial charge in [0.2, 0.25) is 0 Å². The van der Waals surface area contributed by atoms with Crippen LogP contribution in [0.5, 0.6) is 5.75 Å². The third-order valence-corrected chi connectivity index (χ3v) is 6.64. The zero-order valence-corrected chi connectivity index (χ0v) is 18.5. The van der Waals surface area contributed by atoms with Gasteiger partial charge in [-0.2, -0.15) is 0 Å². The maximum absolute atomic E-state index is 14.5. The molecular weight excluding hydrogens is 390 g/mol. The number of aryl methyl sites for hydroxylation is 1. The number of hydrogen-bond acceptors (Lipinski definition) is 1. The van der Waals surface area contributed by atoms with Crippen molar-refractivity contribution >= 4 is 0 Å². The van der Waals surface area contributed by atoms with Gasteiger partial charge in [-0.15, -0.1) is 0 Å². The highest BCUT2D eigenvalue weighted by molar-refractivity contribution is 5.85. The lowest BCUT2D eigenvalue weighted by molar-refractivity contribution is 0.478. The Morgan fingerprint density at radius 1 is 0.677 bits per heavy atom. The van der Waals surface area contributed by atoms with E-state index in [1.807, 2.05) is 63.2 Å². The first kappa shape index (κ1) is 21.0.